The van der Waals surface area contributed by atoms with Crippen molar-refractivity contribution in [3.05, 3.63) is 59.2 Å². The third kappa shape index (κ3) is 3.86. The molecule has 0 amide bonds. The van der Waals surface area contributed by atoms with Crippen molar-refractivity contribution in [2.45, 2.75) is 31.4 Å². The second-order valence-electron chi connectivity index (χ2n) is 7.44. The summed E-state index contributed by atoms with van der Waals surface area (Å²) in [6.07, 6.45) is -2.50. The fourth-order valence-electron chi connectivity index (χ4n) is 3.73. The van der Waals surface area contributed by atoms with E-state index in [4.69, 9.17) is 15.7 Å². The van der Waals surface area contributed by atoms with E-state index in [-0.39, 0.29) is 28.0 Å². The predicted octanol–water partition coefficient (Wildman–Crippen LogP) is 4.25. The van der Waals surface area contributed by atoms with Crippen LogP contribution in [0.4, 0.5) is 33.5 Å². The molecule has 1 aromatic carbocycles. The molecule has 2 aromatic heterocycles. The zero-order chi connectivity index (χ0) is 23.9. The quantitative estimate of drug-likeness (QED) is 0.562. The van der Waals surface area contributed by atoms with Crippen LogP contribution in [0.2, 0.25) is 0 Å². The zero-order valence-corrected chi connectivity index (χ0v) is 16.9. The molecule has 0 aliphatic carbocycles. The Labute approximate surface area is 183 Å². The zero-order valence-electron chi connectivity index (χ0n) is 16.9. The normalized spacial score (nSPS) is 20.3. The Balaban J connectivity index is 1.85. The molecule has 3 aromatic rings. The highest BCUT2D eigenvalue weighted by Crippen LogP contribution is 2.43. The van der Waals surface area contributed by atoms with Crippen molar-refractivity contribution in [2.75, 3.05) is 5.32 Å². The number of amidine groups is 1. The van der Waals surface area contributed by atoms with E-state index in [9.17, 15) is 22.0 Å². The molecule has 0 unspecified atom stereocenters. The largest absolute Gasteiger partial charge is 0.462 e. The predicted molar refractivity (Wildman–Crippen MR) is 108 cm³/mol. The summed E-state index contributed by atoms with van der Waals surface area (Å²) < 4.78 is 76.9. The Morgan fingerprint density at radius 1 is 1.18 bits per heavy atom. The van der Waals surface area contributed by atoms with Crippen LogP contribution in [0.1, 0.15) is 24.5 Å². The number of pyridine rings is 2. The molecule has 7 nitrogen and oxygen atoms in total. The number of ether oxygens (including phenoxy) is 1. The van der Waals surface area contributed by atoms with Gasteiger partial charge < -0.3 is 15.8 Å². The second kappa shape index (κ2) is 8.16. The molecular formula is C21H15F5N6O. The van der Waals surface area contributed by atoms with Gasteiger partial charge in [-0.1, -0.05) is 0 Å². The number of halogens is 5. The average Bonchev–Trinajstić information content (AvgIpc) is 2.76. The van der Waals surface area contributed by atoms with Crippen LogP contribution in [-0.2, 0) is 10.3 Å². The van der Waals surface area contributed by atoms with Gasteiger partial charge in [0.05, 0.1) is 11.8 Å². The van der Waals surface area contributed by atoms with Gasteiger partial charge in [-0.05, 0) is 19.1 Å². The number of hydrogen-bond acceptors (Lipinski definition) is 7. The molecular weight excluding hydrogens is 447 g/mol. The minimum atomic E-state index is -3.23. The highest BCUT2D eigenvalue weighted by atomic mass is 19.3. The lowest BCUT2D eigenvalue weighted by molar-refractivity contribution is 0.00497. The minimum absolute atomic E-state index is 0.00851. The van der Waals surface area contributed by atoms with Crippen LogP contribution in [0.5, 0.6) is 0 Å². The highest BCUT2D eigenvalue weighted by molar-refractivity contribution is 5.90. The SMILES string of the molecule is C[C@@H]1C[C@@](c2cc(Nc3ncc(F)c4cc(C#N)cnc34)cc(F)c2F)(C(F)F)N=C(N)O1. The minimum Gasteiger partial charge on any atom is -0.462 e. The maximum absolute atomic E-state index is 14.8. The lowest BCUT2D eigenvalue weighted by atomic mass is 9.84. The lowest BCUT2D eigenvalue weighted by Gasteiger charge is -2.36. The monoisotopic (exact) mass is 462 g/mol. The molecule has 1 aliphatic rings. The number of nitrogens with one attached hydrogen (secondary N) is 1. The molecule has 33 heavy (non-hydrogen) atoms. The standard InChI is InChI=1S/C21H15F5N6O/c1-9-5-21(19(25)26,32-20(28)33-9)13-3-11(4-14(22)16(13)24)31-18-17-12(15(23)8-30-18)2-10(6-27)7-29-17/h2-4,7-9,19H,5H2,1H3,(H2,28,32)(H,30,31)/t9-,21-/m1/s1. The van der Waals surface area contributed by atoms with Crippen LogP contribution in [-0.4, -0.2) is 28.5 Å². The number of nitriles is 1. The molecule has 2 atom stereocenters. The van der Waals surface area contributed by atoms with Crippen LogP contribution in [0.15, 0.2) is 35.6 Å². The fourth-order valence-corrected chi connectivity index (χ4v) is 3.73. The van der Waals surface area contributed by atoms with E-state index in [1.165, 1.54) is 19.2 Å². The number of aromatic nitrogens is 2. The number of benzene rings is 1. The first-order valence-electron chi connectivity index (χ1n) is 9.55. The molecule has 3 heterocycles. The van der Waals surface area contributed by atoms with Gasteiger partial charge in [-0.15, -0.1) is 0 Å². The third-order valence-electron chi connectivity index (χ3n) is 5.15. The smallest absolute Gasteiger partial charge is 0.283 e. The molecule has 0 bridgehead atoms. The number of anilines is 2. The first kappa shape index (κ1) is 22.2. The summed E-state index contributed by atoms with van der Waals surface area (Å²) in [5.74, 6) is -3.76. The van der Waals surface area contributed by atoms with Crippen LogP contribution < -0.4 is 11.1 Å². The van der Waals surface area contributed by atoms with Gasteiger partial charge in [-0.3, -0.25) is 4.98 Å². The summed E-state index contributed by atoms with van der Waals surface area (Å²) in [7, 11) is 0. The van der Waals surface area contributed by atoms with Gasteiger partial charge in [0.1, 0.15) is 17.7 Å². The molecule has 0 saturated carbocycles. The average molecular weight is 462 g/mol. The molecule has 0 saturated heterocycles. The van der Waals surface area contributed by atoms with Gasteiger partial charge in [0.25, 0.3) is 12.4 Å². The lowest BCUT2D eigenvalue weighted by Crippen LogP contribution is -2.44. The van der Waals surface area contributed by atoms with E-state index in [2.05, 4.69) is 20.3 Å². The van der Waals surface area contributed by atoms with Crippen molar-refractivity contribution in [3.63, 3.8) is 0 Å². The van der Waals surface area contributed by atoms with Crippen LogP contribution in [0.25, 0.3) is 10.9 Å². The van der Waals surface area contributed by atoms with Crippen LogP contribution in [0, 0.1) is 28.8 Å². The van der Waals surface area contributed by atoms with Crippen LogP contribution in [0.3, 0.4) is 0 Å². The fraction of sp³-hybridized carbons (Fsp3) is 0.238. The summed E-state index contributed by atoms with van der Waals surface area (Å²) >= 11 is 0. The van der Waals surface area contributed by atoms with Crippen LogP contribution >= 0.6 is 0 Å². The van der Waals surface area contributed by atoms with Crippen molar-refractivity contribution in [2.24, 2.45) is 10.7 Å². The van der Waals surface area contributed by atoms with E-state index < -0.39 is 53.5 Å². The van der Waals surface area contributed by atoms with E-state index in [1.54, 1.807) is 0 Å². The summed E-state index contributed by atoms with van der Waals surface area (Å²) in [4.78, 5) is 11.5. The summed E-state index contributed by atoms with van der Waals surface area (Å²) in [6, 6.07) is 4.19. The van der Waals surface area contributed by atoms with E-state index in [0.717, 1.165) is 18.3 Å². The number of alkyl halides is 2. The van der Waals surface area contributed by atoms with Crippen molar-refractivity contribution in [1.29, 1.82) is 5.26 Å². The van der Waals surface area contributed by atoms with Gasteiger partial charge in [0.15, 0.2) is 28.8 Å². The van der Waals surface area contributed by atoms with Gasteiger partial charge >= 0.3 is 0 Å². The van der Waals surface area contributed by atoms with Crippen molar-refractivity contribution < 1.29 is 26.7 Å². The first-order chi connectivity index (χ1) is 15.6. The Kier molecular flexibility index (Phi) is 5.49. The highest BCUT2D eigenvalue weighted by Gasteiger charge is 2.48. The maximum atomic E-state index is 14.8. The van der Waals surface area contributed by atoms with Gasteiger partial charge in [0, 0.05) is 35.3 Å². The van der Waals surface area contributed by atoms with Gasteiger partial charge in [-0.25, -0.2) is 31.9 Å². The van der Waals surface area contributed by atoms with Crippen molar-refractivity contribution >= 4 is 28.4 Å². The molecule has 0 radical (unpaired) electrons. The molecule has 1 aliphatic heterocycles. The Bertz CT molecular complexity index is 1320. The maximum Gasteiger partial charge on any atom is 0.283 e. The number of fused-ring (bicyclic) bond motifs is 1. The van der Waals surface area contributed by atoms with E-state index >= 15 is 0 Å². The number of nitrogens with two attached hydrogens (primary N) is 1. The Morgan fingerprint density at radius 3 is 2.61 bits per heavy atom. The topological polar surface area (TPSA) is 109 Å². The van der Waals surface area contributed by atoms with E-state index in [1.807, 2.05) is 6.07 Å². The Hall–Kier alpha value is -4.01. The molecule has 170 valence electrons. The van der Waals surface area contributed by atoms with E-state index in [0.29, 0.717) is 0 Å². The summed E-state index contributed by atoms with van der Waals surface area (Å²) in [5, 5.41) is 11.6. The third-order valence-corrected chi connectivity index (χ3v) is 5.15. The molecule has 4 rings (SSSR count). The number of aliphatic imine (C=N–C) groups is 1. The number of hydrogen-bond donors (Lipinski definition) is 2. The molecule has 3 N–H and O–H groups in total. The van der Waals surface area contributed by atoms with Crippen molar-refractivity contribution in [3.8, 4) is 6.07 Å². The Morgan fingerprint density at radius 2 is 1.94 bits per heavy atom. The van der Waals surface area contributed by atoms with Gasteiger partial charge in [-0.2, -0.15) is 5.26 Å². The first-order valence-corrected chi connectivity index (χ1v) is 9.55. The molecule has 0 fully saturated rings. The van der Waals surface area contributed by atoms with Gasteiger partial charge in [0.2, 0.25) is 0 Å². The van der Waals surface area contributed by atoms with Crippen molar-refractivity contribution in [1.82, 2.24) is 9.97 Å². The number of rotatable bonds is 4. The molecule has 0 spiro atoms. The molecule has 12 heteroatoms. The summed E-state index contributed by atoms with van der Waals surface area (Å²) in [5.41, 5.74) is 2.22. The number of nitrogens with zero attached hydrogens (tertiary/aromatic N) is 4. The second-order valence-corrected chi connectivity index (χ2v) is 7.44. The summed E-state index contributed by atoms with van der Waals surface area (Å²) in [6.45, 7) is 1.45.